The first-order valence-electron chi connectivity index (χ1n) is 30.9. The number of fused-ring (bicyclic) bond motifs is 27. The van der Waals surface area contributed by atoms with Gasteiger partial charge in [-0.05, 0) is 126 Å². The molecule has 4 aliphatic carbocycles. The SMILES string of the molecule is CC1(C)c2ccccc2-c2c1ccc1c2oc2ccccc21.CC1(C)c2ccccc2-c2cc3c(cc21)oc1ccccc13.CC1(C)c2ccccc2-c2ccc3c(oc4ccccc43)c21.CC1(C)c2ccccc2-c2ccc3oc4ccccc4c3c21. The summed E-state index contributed by atoms with van der Waals surface area (Å²) in [6.07, 6.45) is 0. The van der Waals surface area contributed by atoms with Crippen LogP contribution in [0, 0.1) is 0 Å². The molecule has 88 heavy (non-hydrogen) atoms. The van der Waals surface area contributed by atoms with Crippen molar-refractivity contribution in [3.05, 3.63) is 287 Å². The van der Waals surface area contributed by atoms with Crippen LogP contribution in [0.15, 0.2) is 260 Å². The Hall–Kier alpha value is -10.2. The van der Waals surface area contributed by atoms with Gasteiger partial charge in [0.2, 0.25) is 0 Å². The van der Waals surface area contributed by atoms with Crippen LogP contribution in [0.2, 0.25) is 0 Å². The van der Waals surface area contributed by atoms with Gasteiger partial charge >= 0.3 is 0 Å². The topological polar surface area (TPSA) is 52.6 Å². The maximum atomic E-state index is 6.26. The third kappa shape index (κ3) is 7.32. The molecule has 4 aromatic heterocycles. The number of furan rings is 4. The molecular formula is C84H64O4. The van der Waals surface area contributed by atoms with Crippen LogP contribution >= 0.6 is 0 Å². The van der Waals surface area contributed by atoms with Gasteiger partial charge in [-0.25, -0.2) is 0 Å². The van der Waals surface area contributed by atoms with Crippen molar-refractivity contribution in [3.8, 4) is 44.5 Å². The van der Waals surface area contributed by atoms with Crippen LogP contribution in [0.25, 0.3) is 132 Å². The third-order valence-electron chi connectivity index (χ3n) is 20.3. The van der Waals surface area contributed by atoms with Crippen molar-refractivity contribution in [3.63, 3.8) is 0 Å². The summed E-state index contributed by atoms with van der Waals surface area (Å²) in [5.41, 5.74) is 29.6. The van der Waals surface area contributed by atoms with E-state index in [4.69, 9.17) is 17.7 Å². The molecule has 4 heteroatoms. The van der Waals surface area contributed by atoms with Crippen molar-refractivity contribution in [2.45, 2.75) is 77.0 Å². The zero-order valence-corrected chi connectivity index (χ0v) is 50.7. The first-order valence-corrected chi connectivity index (χ1v) is 30.9. The fraction of sp³-hybridized carbons (Fsp3) is 0.143. The highest BCUT2D eigenvalue weighted by Gasteiger charge is 2.41. The Bertz CT molecular complexity index is 5550. The van der Waals surface area contributed by atoms with Gasteiger partial charge in [0.25, 0.3) is 0 Å². The summed E-state index contributed by atoms with van der Waals surface area (Å²) in [5.74, 6) is 0. The second kappa shape index (κ2) is 18.7. The Morgan fingerprint density at radius 1 is 0.216 bits per heavy atom. The van der Waals surface area contributed by atoms with Gasteiger partial charge in [-0.3, -0.25) is 0 Å². The second-order valence-electron chi connectivity index (χ2n) is 26.6. The van der Waals surface area contributed by atoms with E-state index in [2.05, 4.69) is 262 Å². The van der Waals surface area contributed by atoms with E-state index in [9.17, 15) is 0 Å². The predicted octanol–water partition coefficient (Wildman–Crippen LogP) is 23.6. The number of hydrogen-bond acceptors (Lipinski definition) is 4. The molecule has 0 spiro atoms. The summed E-state index contributed by atoms with van der Waals surface area (Å²) in [7, 11) is 0. The predicted molar refractivity (Wildman–Crippen MR) is 365 cm³/mol. The Balaban J connectivity index is 0.0000000910. The van der Waals surface area contributed by atoms with Gasteiger partial charge in [0.1, 0.15) is 44.7 Å². The minimum absolute atomic E-state index is 0.00190. The molecule has 0 saturated carbocycles. The normalized spacial score (nSPS) is 15.2. The van der Waals surface area contributed by atoms with Crippen LogP contribution in [-0.4, -0.2) is 0 Å². The number of para-hydroxylation sites is 4. The average Bonchev–Trinajstić information content (AvgIpc) is 1.90. The monoisotopic (exact) mass is 1140 g/mol. The smallest absolute Gasteiger partial charge is 0.143 e. The fourth-order valence-corrected chi connectivity index (χ4v) is 16.0. The Kier molecular flexibility index (Phi) is 11.1. The molecule has 0 bridgehead atoms. The number of benzene rings is 12. The molecule has 0 aliphatic heterocycles. The maximum Gasteiger partial charge on any atom is 0.143 e. The number of hydrogen-bond donors (Lipinski definition) is 0. The van der Waals surface area contributed by atoms with Gasteiger partial charge in [0, 0.05) is 75.9 Å². The molecular weight excluding hydrogens is 1070 g/mol. The molecule has 16 aromatic rings. The van der Waals surface area contributed by atoms with Gasteiger partial charge < -0.3 is 17.7 Å². The van der Waals surface area contributed by atoms with E-state index in [0.717, 1.165) is 44.7 Å². The molecule has 0 N–H and O–H groups in total. The van der Waals surface area contributed by atoms with Crippen molar-refractivity contribution in [1.82, 2.24) is 0 Å². The lowest BCUT2D eigenvalue weighted by Gasteiger charge is -2.22. The van der Waals surface area contributed by atoms with E-state index in [0.29, 0.717) is 0 Å². The summed E-state index contributed by atoms with van der Waals surface area (Å²) < 4.78 is 24.6. The Morgan fingerprint density at radius 3 is 1.23 bits per heavy atom. The average molecular weight is 1140 g/mol. The van der Waals surface area contributed by atoms with Crippen LogP contribution in [0.3, 0.4) is 0 Å². The highest BCUT2D eigenvalue weighted by molar-refractivity contribution is 6.14. The van der Waals surface area contributed by atoms with Crippen LogP contribution in [-0.2, 0) is 21.7 Å². The van der Waals surface area contributed by atoms with Crippen molar-refractivity contribution in [2.24, 2.45) is 0 Å². The standard InChI is InChI=1S/4C21H16O/c1-21(2)16-9-5-3-8-15(16)19-17(21)12-11-14-13-7-4-6-10-18(13)22-20(14)19;1-21(2)17-9-5-3-7-13(17)15-11-16-14-8-4-6-10-19(14)22-20(16)12-18(15)21;1-21(2)16-9-5-3-7-13(16)14-11-12-18-19(20(14)21)15-8-4-6-10-17(15)22-18;1-21(2)17-9-5-3-7-13(17)15-11-12-16-14-8-4-6-10-18(14)22-20(16)19(15)21/h4*3-12H,1-2H3. The van der Waals surface area contributed by atoms with E-state index in [1.807, 2.05) is 36.4 Å². The van der Waals surface area contributed by atoms with Crippen LogP contribution in [0.1, 0.15) is 99.9 Å². The molecule has 0 radical (unpaired) electrons. The lowest BCUT2D eigenvalue weighted by atomic mass is 9.80. The summed E-state index contributed by atoms with van der Waals surface area (Å²) in [5, 5.41) is 9.72. The minimum atomic E-state index is -0.0285. The molecule has 0 unspecified atom stereocenters. The molecule has 4 aliphatic rings. The first kappa shape index (κ1) is 52.2. The van der Waals surface area contributed by atoms with Crippen molar-refractivity contribution >= 4 is 87.8 Å². The van der Waals surface area contributed by atoms with Gasteiger partial charge in [0.05, 0.1) is 0 Å². The number of rotatable bonds is 0. The Labute approximate surface area is 511 Å². The van der Waals surface area contributed by atoms with Crippen molar-refractivity contribution in [2.75, 3.05) is 0 Å². The fourth-order valence-electron chi connectivity index (χ4n) is 16.0. The lowest BCUT2D eigenvalue weighted by molar-refractivity contribution is 0.620. The van der Waals surface area contributed by atoms with Gasteiger partial charge in [0.15, 0.2) is 0 Å². The highest BCUT2D eigenvalue weighted by Crippen LogP contribution is 2.56. The molecule has 0 fully saturated rings. The van der Waals surface area contributed by atoms with E-state index in [1.54, 1.807) is 0 Å². The summed E-state index contributed by atoms with van der Waals surface area (Å²) >= 11 is 0. The van der Waals surface area contributed by atoms with Gasteiger partial charge in [-0.15, -0.1) is 0 Å². The largest absolute Gasteiger partial charge is 0.456 e. The molecule has 4 nitrogen and oxygen atoms in total. The zero-order chi connectivity index (χ0) is 59.6. The van der Waals surface area contributed by atoms with Crippen LogP contribution in [0.4, 0.5) is 0 Å². The molecule has 0 saturated heterocycles. The summed E-state index contributed by atoms with van der Waals surface area (Å²) in [6.45, 7) is 18.4. The molecule has 424 valence electrons. The van der Waals surface area contributed by atoms with Crippen molar-refractivity contribution < 1.29 is 17.7 Å². The highest BCUT2D eigenvalue weighted by atomic mass is 16.3. The third-order valence-corrected chi connectivity index (χ3v) is 20.3. The van der Waals surface area contributed by atoms with Crippen LogP contribution in [0.5, 0.6) is 0 Å². The minimum Gasteiger partial charge on any atom is -0.456 e. The van der Waals surface area contributed by atoms with E-state index in [-0.39, 0.29) is 21.7 Å². The van der Waals surface area contributed by atoms with E-state index < -0.39 is 0 Å². The zero-order valence-electron chi connectivity index (χ0n) is 50.7. The Morgan fingerprint density at radius 2 is 0.614 bits per heavy atom. The molecule has 4 heterocycles. The van der Waals surface area contributed by atoms with Gasteiger partial charge in [-0.2, -0.15) is 0 Å². The molecule has 0 amide bonds. The summed E-state index contributed by atoms with van der Waals surface area (Å²) in [6, 6.07) is 85.9. The maximum absolute atomic E-state index is 6.26. The lowest BCUT2D eigenvalue weighted by Crippen LogP contribution is -2.15. The quantitative estimate of drug-likeness (QED) is 0.152. The molecule has 12 aromatic carbocycles. The summed E-state index contributed by atoms with van der Waals surface area (Å²) in [4.78, 5) is 0. The molecule has 20 rings (SSSR count). The van der Waals surface area contributed by atoms with E-state index in [1.165, 1.54) is 132 Å². The first-order chi connectivity index (χ1) is 42.7. The molecule has 0 atom stereocenters. The van der Waals surface area contributed by atoms with Crippen molar-refractivity contribution in [1.29, 1.82) is 0 Å². The van der Waals surface area contributed by atoms with E-state index >= 15 is 0 Å². The second-order valence-corrected chi connectivity index (χ2v) is 26.6. The van der Waals surface area contributed by atoms with Crippen LogP contribution < -0.4 is 0 Å². The van der Waals surface area contributed by atoms with Gasteiger partial charge in [-0.1, -0.05) is 250 Å².